The van der Waals surface area contributed by atoms with E-state index in [0.717, 1.165) is 36.2 Å². The Morgan fingerprint density at radius 1 is 1.45 bits per heavy atom. The van der Waals surface area contributed by atoms with Crippen molar-refractivity contribution in [2.45, 2.75) is 53.5 Å². The molecular weight excluding hydrogens is 274 g/mol. The minimum atomic E-state index is -0.401. The normalized spacial score (nSPS) is 13.1. The number of rotatable bonds is 7. The van der Waals surface area contributed by atoms with Gasteiger partial charge >= 0.3 is 0 Å². The third-order valence-corrected chi connectivity index (χ3v) is 3.12. The van der Waals surface area contributed by atoms with Crippen LogP contribution in [0, 0.1) is 12.3 Å². The maximum atomic E-state index is 11.2. The number of nitrogens with one attached hydrogen (secondary N) is 1. The van der Waals surface area contributed by atoms with E-state index in [1.165, 1.54) is 0 Å². The van der Waals surface area contributed by atoms with Crippen molar-refractivity contribution in [3.63, 3.8) is 0 Å². The van der Waals surface area contributed by atoms with Gasteiger partial charge in [-0.2, -0.15) is 0 Å². The predicted octanol–water partition coefficient (Wildman–Crippen LogP) is 3.47. The van der Waals surface area contributed by atoms with Crippen molar-refractivity contribution in [2.24, 2.45) is 5.41 Å². The van der Waals surface area contributed by atoms with E-state index in [1.54, 1.807) is 6.20 Å². The van der Waals surface area contributed by atoms with E-state index in [1.807, 2.05) is 19.1 Å². The molecule has 0 fully saturated rings. The summed E-state index contributed by atoms with van der Waals surface area (Å²) in [6, 6.07) is -0.401. The van der Waals surface area contributed by atoms with E-state index in [9.17, 15) is 4.79 Å². The van der Waals surface area contributed by atoms with Gasteiger partial charge in [-0.05, 0) is 18.8 Å². The average Bonchev–Trinajstić information content (AvgIpc) is 2.42. The maximum absolute atomic E-state index is 11.2. The van der Waals surface area contributed by atoms with Crippen LogP contribution in [0.15, 0.2) is 24.9 Å². The maximum Gasteiger partial charge on any atom is 0.146 e. The molecule has 0 amide bonds. The first-order valence-electron chi connectivity index (χ1n) is 7.69. The van der Waals surface area contributed by atoms with Crippen molar-refractivity contribution in [2.75, 3.05) is 0 Å². The predicted molar refractivity (Wildman–Crippen MR) is 91.4 cm³/mol. The number of aldehydes is 1. The average molecular weight is 301 g/mol. The lowest BCUT2D eigenvalue weighted by atomic mass is 9.95. The summed E-state index contributed by atoms with van der Waals surface area (Å²) < 4.78 is 0. The summed E-state index contributed by atoms with van der Waals surface area (Å²) >= 11 is 0. The van der Waals surface area contributed by atoms with E-state index in [2.05, 4.69) is 49.6 Å². The molecule has 22 heavy (non-hydrogen) atoms. The van der Waals surface area contributed by atoms with E-state index in [-0.39, 0.29) is 5.41 Å². The van der Waals surface area contributed by atoms with Crippen LogP contribution in [0.4, 0.5) is 0 Å². The zero-order chi connectivity index (χ0) is 16.8. The Labute approximate surface area is 133 Å². The fourth-order valence-electron chi connectivity index (χ4n) is 1.95. The third kappa shape index (κ3) is 5.80. The number of hydrogen-bond acceptors (Lipinski definition) is 4. The zero-order valence-electron chi connectivity index (χ0n) is 14.3. The summed E-state index contributed by atoms with van der Waals surface area (Å²) in [6.07, 6.45) is 8.40. The first-order valence-corrected chi connectivity index (χ1v) is 7.69. The Morgan fingerprint density at radius 3 is 2.64 bits per heavy atom. The summed E-state index contributed by atoms with van der Waals surface area (Å²) in [5.41, 5.74) is 2.41. The fourth-order valence-corrected chi connectivity index (χ4v) is 1.95. The number of carbonyl (C=O) groups excluding carboxylic acids is 1. The molecule has 1 aromatic heterocycles. The van der Waals surface area contributed by atoms with Gasteiger partial charge < -0.3 is 10.1 Å². The molecule has 1 unspecified atom stereocenters. The fraction of sp³-hybridized carbons (Fsp3) is 0.500. The van der Waals surface area contributed by atoms with E-state index >= 15 is 0 Å². The molecule has 0 aromatic carbocycles. The molecule has 0 bridgehead atoms. The Kier molecular flexibility index (Phi) is 6.47. The molecule has 1 atom stereocenters. The summed E-state index contributed by atoms with van der Waals surface area (Å²) in [6.45, 7) is 14.3. The van der Waals surface area contributed by atoms with Gasteiger partial charge in [0.25, 0.3) is 0 Å². The minimum Gasteiger partial charge on any atom is -0.372 e. The standard InChI is InChI=1S/C18H27N3O/c1-7-8-17-19-11-16(14(3)21-17)13(2)20-15(12-22)9-10-18(4,5)6/h9-12,15,20H,2,7-8H2,1,3-6H3/b10-9+. The molecular formula is C18H27N3O. The number of aryl methyl sites for hydroxylation is 2. The highest BCUT2D eigenvalue weighted by Crippen LogP contribution is 2.16. The summed E-state index contributed by atoms with van der Waals surface area (Å²) in [5, 5.41) is 3.12. The molecule has 0 spiro atoms. The van der Waals surface area contributed by atoms with Crippen LogP contribution in [-0.2, 0) is 11.2 Å². The quantitative estimate of drug-likeness (QED) is 0.619. The number of allylic oxidation sites excluding steroid dienone is 1. The molecule has 1 N–H and O–H groups in total. The monoisotopic (exact) mass is 301 g/mol. The molecule has 0 aliphatic heterocycles. The first kappa shape index (κ1) is 18.1. The van der Waals surface area contributed by atoms with Crippen molar-refractivity contribution in [1.82, 2.24) is 15.3 Å². The van der Waals surface area contributed by atoms with Gasteiger partial charge in [-0.15, -0.1) is 0 Å². The van der Waals surface area contributed by atoms with Gasteiger partial charge in [-0.1, -0.05) is 46.4 Å². The SMILES string of the molecule is C=C(NC(C=O)/C=C/C(C)(C)C)c1cnc(CCC)nc1C. The van der Waals surface area contributed by atoms with E-state index in [4.69, 9.17) is 0 Å². The minimum absolute atomic E-state index is 0.0328. The van der Waals surface area contributed by atoms with Crippen molar-refractivity contribution in [3.05, 3.63) is 42.0 Å². The van der Waals surface area contributed by atoms with Crippen molar-refractivity contribution in [1.29, 1.82) is 0 Å². The molecule has 0 saturated heterocycles. The molecule has 1 heterocycles. The van der Waals surface area contributed by atoms with Crippen LogP contribution in [0.1, 0.15) is 51.2 Å². The van der Waals surface area contributed by atoms with Gasteiger partial charge in [0.2, 0.25) is 0 Å². The van der Waals surface area contributed by atoms with Crippen LogP contribution in [-0.4, -0.2) is 22.3 Å². The topological polar surface area (TPSA) is 54.9 Å². The second-order valence-electron chi connectivity index (χ2n) is 6.55. The molecule has 4 heteroatoms. The van der Waals surface area contributed by atoms with Gasteiger partial charge in [-0.3, -0.25) is 0 Å². The highest BCUT2D eigenvalue weighted by molar-refractivity contribution is 5.69. The number of aromatic nitrogens is 2. The van der Waals surface area contributed by atoms with Gasteiger partial charge in [0.1, 0.15) is 18.2 Å². The van der Waals surface area contributed by atoms with Gasteiger partial charge in [0.15, 0.2) is 0 Å². The number of hydrogen-bond donors (Lipinski definition) is 1. The molecule has 0 aliphatic carbocycles. The number of nitrogens with zero attached hydrogens (tertiary/aromatic N) is 2. The lowest BCUT2D eigenvalue weighted by Crippen LogP contribution is -2.27. The van der Waals surface area contributed by atoms with E-state index in [0.29, 0.717) is 5.70 Å². The van der Waals surface area contributed by atoms with Gasteiger partial charge in [-0.25, -0.2) is 9.97 Å². The Morgan fingerprint density at radius 2 is 2.14 bits per heavy atom. The summed E-state index contributed by atoms with van der Waals surface area (Å²) in [4.78, 5) is 20.1. The largest absolute Gasteiger partial charge is 0.372 e. The summed E-state index contributed by atoms with van der Waals surface area (Å²) in [7, 11) is 0. The third-order valence-electron chi connectivity index (χ3n) is 3.12. The van der Waals surface area contributed by atoms with E-state index < -0.39 is 6.04 Å². The lowest BCUT2D eigenvalue weighted by molar-refractivity contribution is -0.108. The van der Waals surface area contributed by atoms with Crippen molar-refractivity contribution >= 4 is 12.0 Å². The van der Waals surface area contributed by atoms with Crippen LogP contribution in [0.2, 0.25) is 0 Å². The highest BCUT2D eigenvalue weighted by Gasteiger charge is 2.11. The highest BCUT2D eigenvalue weighted by atomic mass is 16.1. The lowest BCUT2D eigenvalue weighted by Gasteiger charge is -2.17. The molecule has 120 valence electrons. The molecule has 0 aliphatic rings. The molecule has 1 rings (SSSR count). The molecule has 0 radical (unpaired) electrons. The van der Waals surface area contributed by atoms with Gasteiger partial charge in [0, 0.05) is 23.9 Å². The summed E-state index contributed by atoms with van der Waals surface area (Å²) in [5.74, 6) is 0.844. The van der Waals surface area contributed by atoms with Crippen molar-refractivity contribution < 1.29 is 4.79 Å². The molecule has 0 saturated carbocycles. The Hall–Kier alpha value is -1.97. The van der Waals surface area contributed by atoms with Gasteiger partial charge in [0.05, 0.1) is 5.69 Å². The number of carbonyl (C=O) groups is 1. The molecule has 4 nitrogen and oxygen atoms in total. The van der Waals surface area contributed by atoms with Crippen LogP contribution in [0.3, 0.4) is 0 Å². The van der Waals surface area contributed by atoms with Crippen LogP contribution >= 0.6 is 0 Å². The molecule has 1 aromatic rings. The van der Waals surface area contributed by atoms with Crippen molar-refractivity contribution in [3.8, 4) is 0 Å². The first-order chi connectivity index (χ1) is 10.3. The second kappa shape index (κ2) is 7.87. The Balaban J connectivity index is 2.83. The van der Waals surface area contributed by atoms with Crippen LogP contribution < -0.4 is 5.32 Å². The second-order valence-corrected chi connectivity index (χ2v) is 6.55. The van der Waals surface area contributed by atoms with Crippen LogP contribution in [0.5, 0.6) is 0 Å². The zero-order valence-corrected chi connectivity index (χ0v) is 14.3. The smallest absolute Gasteiger partial charge is 0.146 e. The van der Waals surface area contributed by atoms with Crippen LogP contribution in [0.25, 0.3) is 5.70 Å². The Bertz CT molecular complexity index is 556.